The fourth-order valence-corrected chi connectivity index (χ4v) is 0.248. The zero-order valence-electron chi connectivity index (χ0n) is 5.03. The molecule has 0 spiro atoms. The highest BCUT2D eigenvalue weighted by atomic mass is 16.6. The van der Waals surface area contributed by atoms with Crippen LogP contribution in [0, 0.1) is 0 Å². The van der Waals surface area contributed by atoms with E-state index < -0.39 is 12.3 Å². The Hall–Kier alpha value is -1.03. The first-order chi connectivity index (χ1) is 4.22. The van der Waals surface area contributed by atoms with Gasteiger partial charge in [0.25, 0.3) is 6.29 Å². The summed E-state index contributed by atoms with van der Waals surface area (Å²) in [6, 6.07) is 0. The fraction of sp³-hybridized carbons (Fsp3) is 0.400. The van der Waals surface area contributed by atoms with Crippen LogP contribution in [-0.2, 0) is 14.3 Å². The number of carbonyl (C=O) groups excluding carboxylic acids is 1. The Kier molecular flexibility index (Phi) is 3.46. The summed E-state index contributed by atoms with van der Waals surface area (Å²) in [6.45, 7) is 3.13. The van der Waals surface area contributed by atoms with Gasteiger partial charge in [-0.2, -0.15) is 0 Å². The molecule has 0 rings (SSSR count). The van der Waals surface area contributed by atoms with Crippen molar-refractivity contribution in [3.8, 4) is 0 Å². The molecule has 1 atom stereocenters. The monoisotopic (exact) mass is 132 g/mol. The van der Waals surface area contributed by atoms with Crippen molar-refractivity contribution >= 4 is 5.97 Å². The van der Waals surface area contributed by atoms with Crippen molar-refractivity contribution in [1.82, 2.24) is 0 Å². The molecule has 4 nitrogen and oxygen atoms in total. The molecule has 4 heteroatoms. The molecule has 0 saturated heterocycles. The second kappa shape index (κ2) is 3.91. The second-order valence-corrected chi connectivity index (χ2v) is 1.18. The van der Waals surface area contributed by atoms with Crippen LogP contribution in [0.5, 0.6) is 0 Å². The molecular formula is C5H8O4. The zero-order chi connectivity index (χ0) is 7.28. The van der Waals surface area contributed by atoms with Gasteiger partial charge in [-0.1, -0.05) is 6.58 Å². The topological polar surface area (TPSA) is 55.8 Å². The molecule has 0 aliphatic heterocycles. The lowest BCUT2D eigenvalue weighted by molar-refractivity contribution is -0.170. The van der Waals surface area contributed by atoms with Crippen LogP contribution >= 0.6 is 0 Å². The minimum absolute atomic E-state index is 0.838. The van der Waals surface area contributed by atoms with E-state index in [4.69, 9.17) is 5.11 Å². The summed E-state index contributed by atoms with van der Waals surface area (Å²) >= 11 is 0. The summed E-state index contributed by atoms with van der Waals surface area (Å²) in [5.41, 5.74) is 0. The normalized spacial score (nSPS) is 11.8. The standard InChI is InChI=1S/C5H8O4/c1-3-9-5(7)4(6)8-2/h3,5,7H,1H2,2H3. The van der Waals surface area contributed by atoms with Crippen LogP contribution in [0.25, 0.3) is 0 Å². The molecule has 0 aromatic carbocycles. The molecule has 0 heterocycles. The smallest absolute Gasteiger partial charge is 0.375 e. The van der Waals surface area contributed by atoms with Gasteiger partial charge in [0.15, 0.2) is 0 Å². The number of methoxy groups -OCH3 is 1. The van der Waals surface area contributed by atoms with Crippen LogP contribution in [0.2, 0.25) is 0 Å². The van der Waals surface area contributed by atoms with Gasteiger partial charge in [0.1, 0.15) is 0 Å². The van der Waals surface area contributed by atoms with E-state index in [-0.39, 0.29) is 0 Å². The summed E-state index contributed by atoms with van der Waals surface area (Å²) in [5, 5.41) is 8.55. The lowest BCUT2D eigenvalue weighted by atomic mass is 10.6. The Morgan fingerprint density at radius 3 is 2.78 bits per heavy atom. The van der Waals surface area contributed by atoms with Crippen molar-refractivity contribution in [3.05, 3.63) is 12.8 Å². The van der Waals surface area contributed by atoms with Crippen molar-refractivity contribution in [1.29, 1.82) is 0 Å². The van der Waals surface area contributed by atoms with E-state index in [9.17, 15) is 4.79 Å². The molecular weight excluding hydrogens is 124 g/mol. The Bertz CT molecular complexity index is 110. The molecule has 0 aliphatic carbocycles. The maximum Gasteiger partial charge on any atom is 0.375 e. The van der Waals surface area contributed by atoms with Gasteiger partial charge in [0.05, 0.1) is 13.4 Å². The number of ether oxygens (including phenoxy) is 2. The van der Waals surface area contributed by atoms with Crippen molar-refractivity contribution < 1.29 is 19.4 Å². The second-order valence-electron chi connectivity index (χ2n) is 1.18. The van der Waals surface area contributed by atoms with Gasteiger partial charge >= 0.3 is 5.97 Å². The van der Waals surface area contributed by atoms with Gasteiger partial charge in [-0.3, -0.25) is 0 Å². The van der Waals surface area contributed by atoms with Crippen LogP contribution in [0.4, 0.5) is 0 Å². The minimum Gasteiger partial charge on any atom is -0.464 e. The van der Waals surface area contributed by atoms with Crippen LogP contribution < -0.4 is 0 Å². The number of hydrogen-bond donors (Lipinski definition) is 1. The Labute approximate surface area is 52.7 Å². The summed E-state index contributed by atoms with van der Waals surface area (Å²) < 4.78 is 8.34. The quantitative estimate of drug-likeness (QED) is 0.323. The van der Waals surface area contributed by atoms with Crippen LogP contribution in [0.3, 0.4) is 0 Å². The molecule has 52 valence electrons. The fourth-order valence-electron chi connectivity index (χ4n) is 0.248. The van der Waals surface area contributed by atoms with Crippen LogP contribution in [-0.4, -0.2) is 24.5 Å². The molecule has 1 unspecified atom stereocenters. The molecule has 0 aromatic rings. The van der Waals surface area contributed by atoms with Gasteiger partial charge in [-0.15, -0.1) is 0 Å². The van der Waals surface area contributed by atoms with Crippen LogP contribution in [0.1, 0.15) is 0 Å². The molecule has 0 amide bonds. The summed E-state index contributed by atoms with van der Waals surface area (Å²) in [6.07, 6.45) is -0.589. The predicted octanol–water partition coefficient (Wildman–Crippen LogP) is -0.362. The number of esters is 1. The number of rotatable bonds is 3. The molecule has 9 heavy (non-hydrogen) atoms. The lowest BCUT2D eigenvalue weighted by Crippen LogP contribution is -2.22. The van der Waals surface area contributed by atoms with Crippen molar-refractivity contribution in [2.75, 3.05) is 7.11 Å². The van der Waals surface area contributed by atoms with E-state index in [0.29, 0.717) is 0 Å². The number of carbonyl (C=O) groups is 1. The third-order valence-electron chi connectivity index (χ3n) is 0.628. The maximum absolute atomic E-state index is 10.3. The molecule has 0 saturated carbocycles. The first kappa shape index (κ1) is 7.97. The van der Waals surface area contributed by atoms with E-state index in [1.54, 1.807) is 0 Å². The Balaban J connectivity index is 3.58. The van der Waals surface area contributed by atoms with Gasteiger partial charge < -0.3 is 14.6 Å². The van der Waals surface area contributed by atoms with Crippen molar-refractivity contribution in [2.45, 2.75) is 6.29 Å². The van der Waals surface area contributed by atoms with Gasteiger partial charge in [-0.05, 0) is 0 Å². The van der Waals surface area contributed by atoms with Gasteiger partial charge in [-0.25, -0.2) is 4.79 Å². The SMILES string of the molecule is C=COC(O)C(=O)OC. The number of aliphatic hydroxyl groups excluding tert-OH is 1. The zero-order valence-corrected chi connectivity index (χ0v) is 5.03. The molecule has 0 bridgehead atoms. The molecule has 0 fully saturated rings. The Morgan fingerprint density at radius 2 is 2.44 bits per heavy atom. The lowest BCUT2D eigenvalue weighted by Gasteiger charge is -2.05. The first-order valence-corrected chi connectivity index (χ1v) is 2.24. The number of hydrogen-bond acceptors (Lipinski definition) is 4. The largest absolute Gasteiger partial charge is 0.464 e. The third-order valence-corrected chi connectivity index (χ3v) is 0.628. The van der Waals surface area contributed by atoms with Gasteiger partial charge in [0.2, 0.25) is 0 Å². The number of aliphatic hydroxyl groups is 1. The Morgan fingerprint density at radius 1 is 1.89 bits per heavy atom. The van der Waals surface area contributed by atoms with Gasteiger partial charge in [0, 0.05) is 0 Å². The van der Waals surface area contributed by atoms with E-state index in [2.05, 4.69) is 16.1 Å². The molecule has 0 radical (unpaired) electrons. The van der Waals surface area contributed by atoms with E-state index in [1.807, 2.05) is 0 Å². The van der Waals surface area contributed by atoms with Crippen molar-refractivity contribution in [3.63, 3.8) is 0 Å². The minimum atomic E-state index is -1.55. The van der Waals surface area contributed by atoms with Crippen molar-refractivity contribution in [2.24, 2.45) is 0 Å². The molecule has 1 N–H and O–H groups in total. The first-order valence-electron chi connectivity index (χ1n) is 2.24. The highest BCUT2D eigenvalue weighted by Gasteiger charge is 2.13. The summed E-state index contributed by atoms with van der Waals surface area (Å²) in [5.74, 6) is -0.838. The average molecular weight is 132 g/mol. The highest BCUT2D eigenvalue weighted by Crippen LogP contribution is 1.88. The predicted molar refractivity (Wildman–Crippen MR) is 29.3 cm³/mol. The molecule has 0 aromatic heterocycles. The van der Waals surface area contributed by atoms with Crippen LogP contribution in [0.15, 0.2) is 12.8 Å². The van der Waals surface area contributed by atoms with E-state index >= 15 is 0 Å². The summed E-state index contributed by atoms with van der Waals surface area (Å²) in [7, 11) is 1.15. The summed E-state index contributed by atoms with van der Waals surface area (Å²) in [4.78, 5) is 10.3. The van der Waals surface area contributed by atoms with E-state index in [0.717, 1.165) is 13.4 Å². The average Bonchev–Trinajstić information content (AvgIpc) is 1.87. The molecule has 0 aliphatic rings. The maximum atomic E-state index is 10.3. The highest BCUT2D eigenvalue weighted by molar-refractivity contribution is 5.72. The van der Waals surface area contributed by atoms with E-state index in [1.165, 1.54) is 0 Å². The third kappa shape index (κ3) is 2.71.